The van der Waals surface area contributed by atoms with Crippen LogP contribution in [-0.2, 0) is 0 Å². The molecule has 1 atom stereocenters. The molecule has 13 heavy (non-hydrogen) atoms. The molecule has 0 aliphatic carbocycles. The Hall–Kier alpha value is -1.48. The molecule has 1 unspecified atom stereocenters. The lowest BCUT2D eigenvalue weighted by molar-refractivity contribution is 0.0224. The SMILES string of the molecule is CC1=CC(O)Oc2cc(O)ccc21. The van der Waals surface area contributed by atoms with E-state index in [-0.39, 0.29) is 5.75 Å². The number of fused-ring (bicyclic) bond motifs is 1. The number of phenolic OH excluding ortho intramolecular Hbond substituents is 1. The fourth-order valence-electron chi connectivity index (χ4n) is 1.40. The average molecular weight is 178 g/mol. The normalized spacial score (nSPS) is 20.2. The molecule has 0 bridgehead atoms. The molecule has 1 aromatic rings. The number of hydrogen-bond acceptors (Lipinski definition) is 3. The number of benzene rings is 1. The number of allylic oxidation sites excluding steroid dienone is 1. The number of aliphatic hydroxyl groups is 1. The van der Waals surface area contributed by atoms with E-state index >= 15 is 0 Å². The third-order valence-corrected chi connectivity index (χ3v) is 2.03. The number of rotatable bonds is 0. The van der Waals surface area contributed by atoms with E-state index in [9.17, 15) is 10.2 Å². The Morgan fingerprint density at radius 2 is 2.15 bits per heavy atom. The number of aromatic hydroxyl groups is 1. The monoisotopic (exact) mass is 178 g/mol. The molecule has 2 rings (SSSR count). The summed E-state index contributed by atoms with van der Waals surface area (Å²) in [6.45, 7) is 1.89. The zero-order valence-electron chi connectivity index (χ0n) is 7.19. The highest BCUT2D eigenvalue weighted by molar-refractivity contribution is 5.71. The third-order valence-electron chi connectivity index (χ3n) is 2.03. The van der Waals surface area contributed by atoms with E-state index in [0.717, 1.165) is 11.1 Å². The van der Waals surface area contributed by atoms with E-state index in [1.807, 2.05) is 6.92 Å². The Balaban J connectivity index is 2.54. The maximum atomic E-state index is 9.24. The summed E-state index contributed by atoms with van der Waals surface area (Å²) in [7, 11) is 0. The number of ether oxygens (including phenoxy) is 1. The van der Waals surface area contributed by atoms with Gasteiger partial charge in [0.15, 0.2) is 0 Å². The Morgan fingerprint density at radius 3 is 2.92 bits per heavy atom. The van der Waals surface area contributed by atoms with Gasteiger partial charge in [0.25, 0.3) is 0 Å². The van der Waals surface area contributed by atoms with Gasteiger partial charge >= 0.3 is 0 Å². The van der Waals surface area contributed by atoms with Gasteiger partial charge in [-0.15, -0.1) is 0 Å². The Bertz CT molecular complexity index is 368. The van der Waals surface area contributed by atoms with E-state index in [1.165, 1.54) is 6.07 Å². The lowest BCUT2D eigenvalue weighted by atomic mass is 10.0. The largest absolute Gasteiger partial charge is 0.508 e. The van der Waals surface area contributed by atoms with Crippen LogP contribution in [0.25, 0.3) is 5.57 Å². The average Bonchev–Trinajstić information content (AvgIpc) is 2.02. The fraction of sp³-hybridized carbons (Fsp3) is 0.200. The van der Waals surface area contributed by atoms with Gasteiger partial charge in [0.05, 0.1) is 0 Å². The van der Waals surface area contributed by atoms with Crippen LogP contribution in [0, 0.1) is 0 Å². The summed E-state index contributed by atoms with van der Waals surface area (Å²) < 4.78 is 5.10. The van der Waals surface area contributed by atoms with Gasteiger partial charge in [-0.25, -0.2) is 0 Å². The van der Waals surface area contributed by atoms with Crippen LogP contribution in [0.4, 0.5) is 0 Å². The smallest absolute Gasteiger partial charge is 0.217 e. The molecule has 0 saturated carbocycles. The second-order valence-corrected chi connectivity index (χ2v) is 3.04. The van der Waals surface area contributed by atoms with Crippen molar-refractivity contribution in [3.8, 4) is 11.5 Å². The summed E-state index contributed by atoms with van der Waals surface area (Å²) in [6, 6.07) is 4.86. The van der Waals surface area contributed by atoms with Gasteiger partial charge in [-0.3, -0.25) is 0 Å². The molecule has 0 spiro atoms. The van der Waals surface area contributed by atoms with Crippen LogP contribution in [0.15, 0.2) is 24.3 Å². The minimum atomic E-state index is -0.908. The summed E-state index contributed by atoms with van der Waals surface area (Å²) in [5.74, 6) is 0.660. The van der Waals surface area contributed by atoms with E-state index in [1.54, 1.807) is 18.2 Å². The first-order chi connectivity index (χ1) is 6.16. The predicted octanol–water partition coefficient (Wildman–Crippen LogP) is 1.51. The van der Waals surface area contributed by atoms with Gasteiger partial charge in [0, 0.05) is 11.6 Å². The predicted molar refractivity (Wildman–Crippen MR) is 48.4 cm³/mol. The van der Waals surface area contributed by atoms with Crippen molar-refractivity contribution in [2.24, 2.45) is 0 Å². The second kappa shape index (κ2) is 2.78. The maximum Gasteiger partial charge on any atom is 0.217 e. The van der Waals surface area contributed by atoms with Gasteiger partial charge < -0.3 is 14.9 Å². The van der Waals surface area contributed by atoms with Crippen LogP contribution < -0.4 is 4.74 Å². The fourth-order valence-corrected chi connectivity index (χ4v) is 1.40. The summed E-state index contributed by atoms with van der Waals surface area (Å²) in [5, 5.41) is 18.4. The molecule has 1 aromatic carbocycles. The molecular weight excluding hydrogens is 168 g/mol. The topological polar surface area (TPSA) is 49.7 Å². The summed E-state index contributed by atoms with van der Waals surface area (Å²) >= 11 is 0. The summed E-state index contributed by atoms with van der Waals surface area (Å²) in [4.78, 5) is 0. The van der Waals surface area contributed by atoms with Crippen LogP contribution in [0.1, 0.15) is 12.5 Å². The van der Waals surface area contributed by atoms with Crippen molar-refractivity contribution < 1.29 is 14.9 Å². The molecule has 0 saturated heterocycles. The second-order valence-electron chi connectivity index (χ2n) is 3.04. The molecule has 3 nitrogen and oxygen atoms in total. The van der Waals surface area contributed by atoms with E-state index in [2.05, 4.69) is 0 Å². The van der Waals surface area contributed by atoms with Crippen LogP contribution in [0.2, 0.25) is 0 Å². The van der Waals surface area contributed by atoms with Crippen molar-refractivity contribution in [3.05, 3.63) is 29.8 Å². The van der Waals surface area contributed by atoms with Gasteiger partial charge in [-0.05, 0) is 30.7 Å². The van der Waals surface area contributed by atoms with E-state index < -0.39 is 6.29 Å². The molecule has 1 aliphatic heterocycles. The van der Waals surface area contributed by atoms with Crippen molar-refractivity contribution in [2.75, 3.05) is 0 Å². The molecule has 0 fully saturated rings. The standard InChI is InChI=1S/C10H10O3/c1-6-4-10(12)13-9-5-7(11)2-3-8(6)9/h2-5,10-12H,1H3. The van der Waals surface area contributed by atoms with Crippen LogP contribution in [0.5, 0.6) is 11.5 Å². The molecule has 0 amide bonds. The third kappa shape index (κ3) is 1.38. The Morgan fingerprint density at radius 1 is 1.38 bits per heavy atom. The van der Waals surface area contributed by atoms with Crippen molar-refractivity contribution in [3.63, 3.8) is 0 Å². The van der Waals surface area contributed by atoms with Gasteiger partial charge in [-0.1, -0.05) is 0 Å². The van der Waals surface area contributed by atoms with Crippen molar-refractivity contribution in [1.82, 2.24) is 0 Å². The molecule has 0 aromatic heterocycles. The molecule has 3 heteroatoms. The van der Waals surface area contributed by atoms with E-state index in [4.69, 9.17) is 4.74 Å². The number of aliphatic hydroxyl groups excluding tert-OH is 1. The highest BCUT2D eigenvalue weighted by atomic mass is 16.6. The molecule has 2 N–H and O–H groups in total. The Kier molecular flexibility index (Phi) is 1.74. The van der Waals surface area contributed by atoms with Gasteiger partial charge in [-0.2, -0.15) is 0 Å². The number of phenols is 1. The molecule has 1 heterocycles. The lowest BCUT2D eigenvalue weighted by Crippen LogP contribution is -2.16. The first kappa shape index (κ1) is 8.13. The lowest BCUT2D eigenvalue weighted by Gasteiger charge is -2.20. The first-order valence-corrected chi connectivity index (χ1v) is 4.03. The zero-order valence-corrected chi connectivity index (χ0v) is 7.19. The van der Waals surface area contributed by atoms with Crippen LogP contribution in [-0.4, -0.2) is 16.5 Å². The van der Waals surface area contributed by atoms with Crippen molar-refractivity contribution in [1.29, 1.82) is 0 Å². The minimum absolute atomic E-state index is 0.139. The highest BCUT2D eigenvalue weighted by Gasteiger charge is 2.16. The number of hydrogen-bond donors (Lipinski definition) is 2. The Labute approximate surface area is 75.9 Å². The zero-order chi connectivity index (χ0) is 9.42. The summed E-state index contributed by atoms with van der Waals surface area (Å²) in [6.07, 6.45) is 0.716. The molecule has 1 aliphatic rings. The molecule has 0 radical (unpaired) electrons. The van der Waals surface area contributed by atoms with E-state index in [0.29, 0.717) is 5.75 Å². The maximum absolute atomic E-state index is 9.24. The summed E-state index contributed by atoms with van der Waals surface area (Å²) in [5.41, 5.74) is 1.86. The van der Waals surface area contributed by atoms with Crippen LogP contribution >= 0.6 is 0 Å². The van der Waals surface area contributed by atoms with Gasteiger partial charge in [0.1, 0.15) is 11.5 Å². The molecule has 68 valence electrons. The van der Waals surface area contributed by atoms with Crippen molar-refractivity contribution in [2.45, 2.75) is 13.2 Å². The van der Waals surface area contributed by atoms with Crippen molar-refractivity contribution >= 4 is 5.57 Å². The van der Waals surface area contributed by atoms with Gasteiger partial charge in [0.2, 0.25) is 6.29 Å². The first-order valence-electron chi connectivity index (χ1n) is 4.03. The highest BCUT2D eigenvalue weighted by Crippen LogP contribution is 2.33. The quantitative estimate of drug-likeness (QED) is 0.633. The molecular formula is C10H10O3. The minimum Gasteiger partial charge on any atom is -0.508 e. The van der Waals surface area contributed by atoms with Crippen LogP contribution in [0.3, 0.4) is 0 Å².